The molecule has 9 aliphatic carbocycles. The fourth-order valence-corrected chi connectivity index (χ4v) is 22.6. The Morgan fingerprint density at radius 3 is 0.553 bits per heavy atom. The van der Waals surface area contributed by atoms with E-state index in [0.717, 1.165) is 89.9 Å². The zero-order valence-corrected chi connectivity index (χ0v) is 45.7. The Hall–Kier alpha value is -0.600. The second kappa shape index (κ2) is 21.9. The SMILES string of the molecule is CC1CCC(C2C3NC(C4CC(O)C(O)CC43)C(C3CCC(O)CC3)C3NC(C4CC(O)C(O)CC43)C(C3CCC(O)CC3)C3NC(C4CC(O)C(O)CC43)C(C3CCC(O)CC3)C3NC2C2CC(O)C(O)CC23)CC1. The summed E-state index contributed by atoms with van der Waals surface area (Å²) in [7, 11) is 0. The molecular formula is C61H102N4O11. The van der Waals surface area contributed by atoms with Crippen molar-refractivity contribution in [3.63, 3.8) is 0 Å². The van der Waals surface area contributed by atoms with E-state index in [0.29, 0.717) is 76.0 Å². The van der Waals surface area contributed by atoms with Gasteiger partial charge in [0.05, 0.1) is 67.1 Å². The van der Waals surface area contributed by atoms with E-state index in [1.165, 1.54) is 0 Å². The van der Waals surface area contributed by atoms with Crippen LogP contribution in [0.1, 0.15) is 161 Å². The van der Waals surface area contributed by atoms with Crippen LogP contribution in [-0.4, -0.2) is 172 Å². The first-order chi connectivity index (χ1) is 36.6. The molecule has 4 aliphatic heterocycles. The highest BCUT2D eigenvalue weighted by Crippen LogP contribution is 2.60. The zero-order chi connectivity index (χ0) is 52.6. The van der Waals surface area contributed by atoms with Gasteiger partial charge in [-0.25, -0.2) is 0 Å². The van der Waals surface area contributed by atoms with Crippen molar-refractivity contribution in [3.8, 4) is 0 Å². The van der Waals surface area contributed by atoms with Crippen LogP contribution in [-0.2, 0) is 0 Å². The van der Waals surface area contributed by atoms with E-state index < -0.39 is 48.8 Å². The molecule has 76 heavy (non-hydrogen) atoms. The van der Waals surface area contributed by atoms with Gasteiger partial charge in [-0.15, -0.1) is 0 Å². The van der Waals surface area contributed by atoms with Gasteiger partial charge in [-0.1, -0.05) is 19.8 Å². The van der Waals surface area contributed by atoms with Gasteiger partial charge in [-0.2, -0.15) is 0 Å². The summed E-state index contributed by atoms with van der Waals surface area (Å²) in [5.74, 6) is 2.53. The molecule has 4 heterocycles. The van der Waals surface area contributed by atoms with E-state index in [1.54, 1.807) is 0 Å². The number of hydrogen-bond acceptors (Lipinski definition) is 15. The normalized spacial score (nSPS) is 60.5. The number of aliphatic hydroxyl groups excluding tert-OH is 11. The van der Waals surface area contributed by atoms with Crippen LogP contribution in [0.15, 0.2) is 0 Å². The molecule has 26 atom stereocenters. The molecule has 0 aromatic heterocycles. The molecule has 0 amide bonds. The fraction of sp³-hybridized carbons (Fsp3) is 1.00. The van der Waals surface area contributed by atoms with Crippen molar-refractivity contribution in [1.29, 1.82) is 0 Å². The van der Waals surface area contributed by atoms with Gasteiger partial charge in [-0.3, -0.25) is 0 Å². The van der Waals surface area contributed by atoms with E-state index in [1.807, 2.05) is 0 Å². The topological polar surface area (TPSA) is 271 Å². The van der Waals surface area contributed by atoms with Crippen LogP contribution in [0.2, 0.25) is 0 Å². The lowest BCUT2D eigenvalue weighted by Crippen LogP contribution is -2.59. The molecule has 0 aromatic carbocycles. The summed E-state index contributed by atoms with van der Waals surface area (Å²) in [6.45, 7) is 2.39. The molecule has 0 spiro atoms. The summed E-state index contributed by atoms with van der Waals surface area (Å²) in [6, 6.07) is -0.234. The summed E-state index contributed by atoms with van der Waals surface area (Å²) >= 11 is 0. The van der Waals surface area contributed by atoms with Gasteiger partial charge >= 0.3 is 0 Å². The average Bonchev–Trinajstić information content (AvgIpc) is 4.19. The summed E-state index contributed by atoms with van der Waals surface area (Å²) < 4.78 is 0. The van der Waals surface area contributed by atoms with Gasteiger partial charge in [0, 0.05) is 48.3 Å². The number of nitrogens with one attached hydrogen (secondary N) is 4. The van der Waals surface area contributed by atoms with E-state index >= 15 is 0 Å². The molecule has 432 valence electrons. The quantitative estimate of drug-likeness (QED) is 0.193. The molecule has 15 nitrogen and oxygen atoms in total. The first-order valence-corrected chi connectivity index (χ1v) is 32.1. The Morgan fingerprint density at radius 1 is 0.224 bits per heavy atom. The lowest BCUT2D eigenvalue weighted by molar-refractivity contribution is -0.0675. The Bertz CT molecular complexity index is 1600. The second-order valence-electron chi connectivity index (χ2n) is 29.6. The Labute approximate surface area is 452 Å². The number of rotatable bonds is 4. The van der Waals surface area contributed by atoms with Crippen LogP contribution in [0.3, 0.4) is 0 Å². The lowest BCUT2D eigenvalue weighted by Gasteiger charge is -2.46. The molecule has 15 N–H and O–H groups in total. The van der Waals surface area contributed by atoms with Gasteiger partial charge < -0.3 is 77.4 Å². The highest BCUT2D eigenvalue weighted by Gasteiger charge is 2.66. The van der Waals surface area contributed by atoms with Gasteiger partial charge in [0.25, 0.3) is 0 Å². The van der Waals surface area contributed by atoms with Crippen molar-refractivity contribution < 1.29 is 56.2 Å². The van der Waals surface area contributed by atoms with Gasteiger partial charge in [-0.05, 0) is 242 Å². The van der Waals surface area contributed by atoms with Crippen molar-refractivity contribution >= 4 is 0 Å². The smallest absolute Gasteiger partial charge is 0.0802 e. The zero-order valence-electron chi connectivity index (χ0n) is 45.7. The van der Waals surface area contributed by atoms with Crippen LogP contribution < -0.4 is 21.3 Å². The molecule has 0 radical (unpaired) electrons. The monoisotopic (exact) mass is 1070 g/mol. The standard InChI is InChI=1S/C61H102N4O11/c1-26-2-4-27(5-3-26)50-54-34-18-42(69)44(71)20-36(34)56(62-54)51(28-6-12-31(66)13-7-28)58-38-22-46(73)48(75)24-40(38)60(64-58)53(30-10-16-33(68)17-11-30)61-41-25-49(76)47(74)23-39(41)59(65-61)52(29-8-14-32(67)15-9-29)57-37-21-45(72)43(70)19-35(37)55(50)63-57/h26-76H,2-25H2,1H3. The molecule has 13 rings (SSSR count). The Balaban J connectivity index is 1.02. The van der Waals surface area contributed by atoms with E-state index in [-0.39, 0.29) is 155 Å². The molecule has 8 bridgehead atoms. The highest BCUT2D eigenvalue weighted by atomic mass is 16.3. The molecule has 0 aromatic rings. The summed E-state index contributed by atoms with van der Waals surface area (Å²) in [6.07, 6.45) is 10.1. The predicted molar refractivity (Wildman–Crippen MR) is 285 cm³/mol. The van der Waals surface area contributed by atoms with Gasteiger partial charge in [0.2, 0.25) is 0 Å². The minimum atomic E-state index is -0.864. The maximum atomic E-state index is 11.9. The third-order valence-corrected chi connectivity index (χ3v) is 26.1. The third kappa shape index (κ3) is 9.68. The molecular weight excluding hydrogens is 965 g/mol. The average molecular weight is 1070 g/mol. The molecule has 15 heteroatoms. The molecule has 9 saturated carbocycles. The minimum absolute atomic E-state index is 0.00541. The van der Waals surface area contributed by atoms with Gasteiger partial charge in [0.1, 0.15) is 0 Å². The Kier molecular flexibility index (Phi) is 15.7. The first-order valence-electron chi connectivity index (χ1n) is 32.1. The van der Waals surface area contributed by atoms with Crippen LogP contribution in [0, 0.1) is 101 Å². The largest absolute Gasteiger partial charge is 0.393 e. The predicted octanol–water partition coefficient (Wildman–Crippen LogP) is 2.30. The van der Waals surface area contributed by atoms with E-state index in [9.17, 15) is 56.2 Å². The Morgan fingerprint density at radius 2 is 0.382 bits per heavy atom. The summed E-state index contributed by atoms with van der Waals surface area (Å²) in [4.78, 5) is 0. The summed E-state index contributed by atoms with van der Waals surface area (Å²) in [5, 5.41) is 147. The van der Waals surface area contributed by atoms with Crippen LogP contribution in [0.25, 0.3) is 0 Å². The van der Waals surface area contributed by atoms with E-state index in [2.05, 4.69) is 28.2 Å². The maximum Gasteiger partial charge on any atom is 0.0802 e. The minimum Gasteiger partial charge on any atom is -0.393 e. The van der Waals surface area contributed by atoms with Crippen LogP contribution in [0.5, 0.6) is 0 Å². The third-order valence-electron chi connectivity index (χ3n) is 26.1. The van der Waals surface area contributed by atoms with Crippen LogP contribution >= 0.6 is 0 Å². The second-order valence-corrected chi connectivity index (χ2v) is 29.6. The van der Waals surface area contributed by atoms with E-state index in [4.69, 9.17) is 0 Å². The number of aliphatic hydroxyl groups is 11. The summed E-state index contributed by atoms with van der Waals surface area (Å²) in [5.41, 5.74) is 0. The van der Waals surface area contributed by atoms with Crippen molar-refractivity contribution in [2.75, 3.05) is 0 Å². The number of hydrogen-bond donors (Lipinski definition) is 15. The molecule has 26 unspecified atom stereocenters. The molecule has 13 fully saturated rings. The van der Waals surface area contributed by atoms with Crippen LogP contribution in [0.4, 0.5) is 0 Å². The van der Waals surface area contributed by atoms with Gasteiger partial charge in [0.15, 0.2) is 0 Å². The first kappa shape index (κ1) is 54.6. The maximum absolute atomic E-state index is 11.9. The molecule has 13 aliphatic rings. The van der Waals surface area contributed by atoms with Crippen molar-refractivity contribution in [2.45, 2.75) is 277 Å². The van der Waals surface area contributed by atoms with Crippen molar-refractivity contribution in [3.05, 3.63) is 0 Å². The van der Waals surface area contributed by atoms with Crippen molar-refractivity contribution in [2.24, 2.45) is 101 Å². The highest BCUT2D eigenvalue weighted by molar-refractivity contribution is 5.21. The van der Waals surface area contributed by atoms with Crippen molar-refractivity contribution in [1.82, 2.24) is 21.3 Å². The fourth-order valence-electron chi connectivity index (χ4n) is 22.6. The lowest BCUT2D eigenvalue weighted by atomic mass is 9.58. The molecule has 4 saturated heterocycles.